The van der Waals surface area contributed by atoms with Crippen LogP contribution >= 0.6 is 0 Å². The van der Waals surface area contributed by atoms with Crippen LogP contribution in [0.3, 0.4) is 0 Å². The molecule has 2 aromatic heterocycles. The number of sulfonamides is 1. The molecule has 0 radical (unpaired) electrons. The number of nitrogens with one attached hydrogen (secondary N) is 1. The van der Waals surface area contributed by atoms with Gasteiger partial charge in [-0.15, -0.1) is 10.2 Å². The first kappa shape index (κ1) is 17.8. The van der Waals surface area contributed by atoms with Gasteiger partial charge in [-0.05, 0) is 61.1 Å². The van der Waals surface area contributed by atoms with Gasteiger partial charge in [0.25, 0.3) is 0 Å². The van der Waals surface area contributed by atoms with Crippen molar-refractivity contribution in [2.24, 2.45) is 0 Å². The van der Waals surface area contributed by atoms with E-state index in [4.69, 9.17) is 4.42 Å². The highest BCUT2D eigenvalue weighted by Gasteiger charge is 2.18. The van der Waals surface area contributed by atoms with Crippen LogP contribution in [-0.2, 0) is 29.3 Å². The van der Waals surface area contributed by atoms with Crippen molar-refractivity contribution in [3.05, 3.63) is 59.7 Å². The number of nitrogens with zero attached hydrogens (tertiary/aromatic N) is 3. The van der Waals surface area contributed by atoms with Gasteiger partial charge in [0, 0.05) is 30.9 Å². The Morgan fingerprint density at radius 1 is 1.00 bits per heavy atom. The lowest BCUT2D eigenvalue weighted by Crippen LogP contribution is -2.26. The van der Waals surface area contributed by atoms with Gasteiger partial charge in [-0.3, -0.25) is 4.98 Å². The van der Waals surface area contributed by atoms with Gasteiger partial charge in [-0.2, -0.15) is 0 Å². The van der Waals surface area contributed by atoms with E-state index in [1.165, 1.54) is 12.0 Å². The zero-order valence-corrected chi connectivity index (χ0v) is 15.6. The van der Waals surface area contributed by atoms with Gasteiger partial charge in [0.15, 0.2) is 0 Å². The molecule has 0 spiro atoms. The summed E-state index contributed by atoms with van der Waals surface area (Å²) in [6.45, 7) is 0.192. The van der Waals surface area contributed by atoms with Crippen molar-refractivity contribution in [3.8, 4) is 11.5 Å². The fraction of sp³-hybridized carbons (Fsp3) is 0.316. The van der Waals surface area contributed by atoms with Crippen LogP contribution in [0.4, 0.5) is 0 Å². The van der Waals surface area contributed by atoms with E-state index in [0.29, 0.717) is 23.1 Å². The van der Waals surface area contributed by atoms with Gasteiger partial charge < -0.3 is 4.42 Å². The predicted octanol–water partition coefficient (Wildman–Crippen LogP) is 2.53. The van der Waals surface area contributed by atoms with Gasteiger partial charge in [0.1, 0.15) is 0 Å². The Hall–Kier alpha value is -2.58. The fourth-order valence-corrected chi connectivity index (χ4v) is 4.30. The first-order valence-corrected chi connectivity index (χ1v) is 10.4. The first-order valence-electron chi connectivity index (χ1n) is 8.96. The van der Waals surface area contributed by atoms with Gasteiger partial charge in [0.2, 0.25) is 21.8 Å². The Morgan fingerprint density at radius 3 is 2.59 bits per heavy atom. The fourth-order valence-electron chi connectivity index (χ4n) is 3.22. The lowest BCUT2D eigenvalue weighted by molar-refractivity contribution is 0.502. The molecule has 4 rings (SSSR count). The summed E-state index contributed by atoms with van der Waals surface area (Å²) in [5, 5.41) is 7.96. The van der Waals surface area contributed by atoms with E-state index >= 15 is 0 Å². The Morgan fingerprint density at radius 2 is 1.78 bits per heavy atom. The minimum absolute atomic E-state index is 0.192. The number of hydrogen-bond donors (Lipinski definition) is 1. The van der Waals surface area contributed by atoms with Crippen molar-refractivity contribution < 1.29 is 12.8 Å². The van der Waals surface area contributed by atoms with Crippen molar-refractivity contribution in [1.82, 2.24) is 19.9 Å². The molecule has 0 unspecified atom stereocenters. The summed E-state index contributed by atoms with van der Waals surface area (Å²) in [7, 11) is -3.56. The molecule has 27 heavy (non-hydrogen) atoms. The number of benzene rings is 1. The minimum Gasteiger partial charge on any atom is -0.421 e. The molecule has 0 atom stereocenters. The molecule has 1 aliphatic carbocycles. The van der Waals surface area contributed by atoms with Crippen LogP contribution in [0, 0.1) is 0 Å². The predicted molar refractivity (Wildman–Crippen MR) is 99.5 cm³/mol. The smallest absolute Gasteiger partial charge is 0.247 e. The number of aromatic nitrogens is 3. The lowest BCUT2D eigenvalue weighted by atomic mass is 9.92. The normalized spacial score (nSPS) is 14.1. The molecule has 1 N–H and O–H groups in total. The molecular formula is C19H20N4O3S. The Balaban J connectivity index is 1.39. The zero-order chi connectivity index (χ0) is 18.7. The number of fused-ring (bicyclic) bond motifs is 1. The van der Waals surface area contributed by atoms with E-state index in [-0.39, 0.29) is 6.54 Å². The molecule has 140 valence electrons. The maximum absolute atomic E-state index is 12.6. The SMILES string of the molecule is O=S(=O)(NCCc1nnc(-c2ccncc2)o1)c1ccc2c(c1)CCCC2. The second kappa shape index (κ2) is 7.58. The first-order chi connectivity index (χ1) is 13.1. The van der Waals surface area contributed by atoms with E-state index in [1.54, 1.807) is 36.7 Å². The van der Waals surface area contributed by atoms with Crippen LogP contribution in [0.25, 0.3) is 11.5 Å². The summed E-state index contributed by atoms with van der Waals surface area (Å²) in [4.78, 5) is 4.25. The maximum Gasteiger partial charge on any atom is 0.247 e. The second-order valence-corrected chi connectivity index (χ2v) is 8.29. The second-order valence-electron chi connectivity index (χ2n) is 6.52. The average molecular weight is 384 g/mol. The monoisotopic (exact) mass is 384 g/mol. The van der Waals surface area contributed by atoms with E-state index < -0.39 is 10.0 Å². The molecular weight excluding hydrogens is 364 g/mol. The summed E-state index contributed by atoms with van der Waals surface area (Å²) in [5.41, 5.74) is 3.18. The third kappa shape index (κ3) is 4.06. The highest BCUT2D eigenvalue weighted by atomic mass is 32.2. The van der Waals surface area contributed by atoms with Gasteiger partial charge in [0.05, 0.1) is 4.90 Å². The van der Waals surface area contributed by atoms with E-state index in [0.717, 1.165) is 30.4 Å². The molecule has 0 bridgehead atoms. The number of hydrogen-bond acceptors (Lipinski definition) is 6. The quantitative estimate of drug-likeness (QED) is 0.701. The average Bonchev–Trinajstić information content (AvgIpc) is 3.17. The number of pyridine rings is 1. The molecule has 0 fully saturated rings. The van der Waals surface area contributed by atoms with Crippen LogP contribution in [0.5, 0.6) is 0 Å². The third-order valence-corrected chi connectivity index (χ3v) is 6.11. The van der Waals surface area contributed by atoms with E-state index in [2.05, 4.69) is 19.9 Å². The van der Waals surface area contributed by atoms with Crippen LogP contribution in [0.15, 0.2) is 52.0 Å². The maximum atomic E-state index is 12.6. The largest absolute Gasteiger partial charge is 0.421 e. The zero-order valence-electron chi connectivity index (χ0n) is 14.8. The summed E-state index contributed by atoms with van der Waals surface area (Å²) >= 11 is 0. The minimum atomic E-state index is -3.56. The molecule has 8 heteroatoms. The highest BCUT2D eigenvalue weighted by molar-refractivity contribution is 7.89. The molecule has 1 aromatic carbocycles. The van der Waals surface area contributed by atoms with Crippen LogP contribution < -0.4 is 4.72 Å². The molecule has 7 nitrogen and oxygen atoms in total. The number of aryl methyl sites for hydroxylation is 2. The van der Waals surface area contributed by atoms with Crippen LogP contribution in [0.1, 0.15) is 29.9 Å². The molecule has 0 aliphatic heterocycles. The Kier molecular flexibility index (Phi) is 5.00. The van der Waals surface area contributed by atoms with Crippen molar-refractivity contribution >= 4 is 10.0 Å². The summed E-state index contributed by atoms with van der Waals surface area (Å²) < 4.78 is 33.3. The van der Waals surface area contributed by atoms with Gasteiger partial charge >= 0.3 is 0 Å². The van der Waals surface area contributed by atoms with Crippen LogP contribution in [-0.4, -0.2) is 30.1 Å². The molecule has 2 heterocycles. The van der Waals surface area contributed by atoms with Crippen molar-refractivity contribution in [1.29, 1.82) is 0 Å². The van der Waals surface area contributed by atoms with E-state index in [9.17, 15) is 8.42 Å². The molecule has 1 aliphatic rings. The molecule has 0 amide bonds. The molecule has 0 saturated heterocycles. The molecule has 0 saturated carbocycles. The van der Waals surface area contributed by atoms with Crippen molar-refractivity contribution in [2.75, 3.05) is 6.54 Å². The Labute approximate surface area is 157 Å². The Bertz CT molecular complexity index is 1030. The third-order valence-electron chi connectivity index (χ3n) is 4.66. The molecule has 3 aromatic rings. The van der Waals surface area contributed by atoms with Crippen molar-refractivity contribution in [3.63, 3.8) is 0 Å². The standard InChI is InChI=1S/C19H20N4O3S/c24-27(25,17-6-5-14-3-1-2-4-16(14)13-17)21-12-9-18-22-23-19(26-18)15-7-10-20-11-8-15/h5-8,10-11,13,21H,1-4,9,12H2. The van der Waals surface area contributed by atoms with E-state index in [1.807, 2.05) is 6.07 Å². The lowest BCUT2D eigenvalue weighted by Gasteiger charge is -2.16. The summed E-state index contributed by atoms with van der Waals surface area (Å²) in [5.74, 6) is 0.778. The van der Waals surface area contributed by atoms with Crippen molar-refractivity contribution in [2.45, 2.75) is 37.0 Å². The van der Waals surface area contributed by atoms with Crippen LogP contribution in [0.2, 0.25) is 0 Å². The van der Waals surface area contributed by atoms with Gasteiger partial charge in [-0.25, -0.2) is 13.1 Å². The summed E-state index contributed by atoms with van der Waals surface area (Å²) in [6.07, 6.45) is 7.86. The summed E-state index contributed by atoms with van der Waals surface area (Å²) in [6, 6.07) is 8.96. The number of rotatable bonds is 6. The van der Waals surface area contributed by atoms with Gasteiger partial charge in [-0.1, -0.05) is 6.07 Å². The highest BCUT2D eigenvalue weighted by Crippen LogP contribution is 2.24. The topological polar surface area (TPSA) is 98.0 Å².